The van der Waals surface area contributed by atoms with Gasteiger partial charge < -0.3 is 10.2 Å². The first kappa shape index (κ1) is 14.9. The summed E-state index contributed by atoms with van der Waals surface area (Å²) >= 11 is 6.62. The molecule has 2 unspecified atom stereocenters. The van der Waals surface area contributed by atoms with E-state index in [2.05, 4.69) is 47.3 Å². The second-order valence-electron chi connectivity index (χ2n) is 7.32. The number of piperazine rings is 1. The Hall–Kier alpha value is -0.610. The maximum atomic E-state index is 6.62. The minimum Gasteiger partial charge on any atom is -0.309 e. The van der Waals surface area contributed by atoms with Crippen molar-refractivity contribution in [3.05, 3.63) is 34.3 Å². The first-order chi connectivity index (χ1) is 10.6. The van der Waals surface area contributed by atoms with Crippen LogP contribution < -0.4 is 5.32 Å². The Morgan fingerprint density at radius 2 is 1.86 bits per heavy atom. The van der Waals surface area contributed by atoms with Crippen LogP contribution in [0.2, 0.25) is 5.02 Å². The molecule has 3 aliphatic heterocycles. The Kier molecular flexibility index (Phi) is 3.93. The zero-order valence-electron chi connectivity index (χ0n) is 13.6. The van der Waals surface area contributed by atoms with Gasteiger partial charge in [0.1, 0.15) is 0 Å². The van der Waals surface area contributed by atoms with E-state index in [0.717, 1.165) is 23.7 Å². The maximum absolute atomic E-state index is 6.62. The van der Waals surface area contributed by atoms with Crippen molar-refractivity contribution >= 4 is 11.6 Å². The third kappa shape index (κ3) is 2.39. The van der Waals surface area contributed by atoms with Gasteiger partial charge in [0.15, 0.2) is 0 Å². The molecule has 3 fully saturated rings. The molecule has 0 saturated carbocycles. The molecular weight excluding hydrogens is 294 g/mol. The zero-order valence-corrected chi connectivity index (χ0v) is 14.3. The fourth-order valence-corrected chi connectivity index (χ4v) is 5.17. The van der Waals surface area contributed by atoms with Gasteiger partial charge in [0.05, 0.1) is 0 Å². The third-order valence-electron chi connectivity index (χ3n) is 5.85. The molecule has 1 N–H and O–H groups in total. The van der Waals surface area contributed by atoms with Gasteiger partial charge in [-0.1, -0.05) is 29.8 Å². The van der Waals surface area contributed by atoms with E-state index in [1.807, 2.05) is 0 Å². The largest absolute Gasteiger partial charge is 0.309 e. The van der Waals surface area contributed by atoms with E-state index in [1.54, 1.807) is 0 Å². The number of benzene rings is 1. The number of nitrogens with one attached hydrogen (secondary N) is 1. The Morgan fingerprint density at radius 1 is 1.14 bits per heavy atom. The van der Waals surface area contributed by atoms with Gasteiger partial charge in [0, 0.05) is 42.3 Å². The maximum Gasteiger partial charge on any atom is 0.0493 e. The number of aryl methyl sites for hydroxylation is 1. The van der Waals surface area contributed by atoms with Crippen LogP contribution in [0.4, 0.5) is 0 Å². The number of rotatable bonds is 2. The highest BCUT2D eigenvalue weighted by Gasteiger charge is 2.46. The van der Waals surface area contributed by atoms with Crippen molar-refractivity contribution in [2.24, 2.45) is 0 Å². The molecule has 1 aromatic rings. The number of likely N-dealkylation sites (tertiary alicyclic amines) is 1. The molecule has 3 nitrogen and oxygen atoms in total. The number of nitrogens with zero attached hydrogens (tertiary/aromatic N) is 2. The standard InChI is InChI=1S/C18H26ClN3/c1-12-4-3-5-15(17(12)19)18-16(8-9-20-18)22-13-6-7-14(22)11-21(2)10-13/h3-5,13-14,16,18,20H,6-11H2,1-2H3/t13?,14?,16-,18-/m0/s1. The lowest BCUT2D eigenvalue weighted by molar-refractivity contribution is 0.0391. The van der Waals surface area contributed by atoms with Gasteiger partial charge in [-0.05, 0) is 50.9 Å². The topological polar surface area (TPSA) is 18.5 Å². The van der Waals surface area contributed by atoms with Crippen LogP contribution in [0.3, 0.4) is 0 Å². The number of hydrogen-bond donors (Lipinski definition) is 1. The molecule has 22 heavy (non-hydrogen) atoms. The summed E-state index contributed by atoms with van der Waals surface area (Å²) in [5.74, 6) is 0. The van der Waals surface area contributed by atoms with Crippen molar-refractivity contribution < 1.29 is 0 Å². The second kappa shape index (κ2) is 5.79. The Labute approximate surface area is 138 Å². The van der Waals surface area contributed by atoms with Crippen LogP contribution in [-0.4, -0.2) is 54.6 Å². The summed E-state index contributed by atoms with van der Waals surface area (Å²) in [7, 11) is 2.27. The van der Waals surface area contributed by atoms with Gasteiger partial charge in [0.25, 0.3) is 0 Å². The quantitative estimate of drug-likeness (QED) is 0.904. The fourth-order valence-electron chi connectivity index (χ4n) is 4.93. The van der Waals surface area contributed by atoms with Crippen LogP contribution in [0.25, 0.3) is 0 Å². The van der Waals surface area contributed by atoms with Gasteiger partial charge in [-0.2, -0.15) is 0 Å². The number of fused-ring (bicyclic) bond motifs is 2. The SMILES string of the molecule is Cc1cccc([C@@H]2NCC[C@@H]2N2C3CCC2CN(C)C3)c1Cl. The van der Waals surface area contributed by atoms with E-state index in [0.29, 0.717) is 12.1 Å². The Bertz CT molecular complexity index is 547. The smallest absolute Gasteiger partial charge is 0.0493 e. The summed E-state index contributed by atoms with van der Waals surface area (Å²) < 4.78 is 0. The van der Waals surface area contributed by atoms with E-state index in [4.69, 9.17) is 11.6 Å². The number of hydrogen-bond acceptors (Lipinski definition) is 3. The van der Waals surface area contributed by atoms with Gasteiger partial charge in [-0.3, -0.25) is 4.90 Å². The van der Waals surface area contributed by atoms with Crippen LogP contribution in [0.15, 0.2) is 18.2 Å². The summed E-state index contributed by atoms with van der Waals surface area (Å²) in [4.78, 5) is 5.35. The third-order valence-corrected chi connectivity index (χ3v) is 6.37. The molecule has 0 aliphatic carbocycles. The summed E-state index contributed by atoms with van der Waals surface area (Å²) in [6.45, 7) is 5.66. The highest BCUT2D eigenvalue weighted by Crippen LogP contribution is 2.40. The first-order valence-corrected chi connectivity index (χ1v) is 8.97. The van der Waals surface area contributed by atoms with Crippen molar-refractivity contribution in [1.82, 2.24) is 15.1 Å². The van der Waals surface area contributed by atoms with Gasteiger partial charge in [-0.25, -0.2) is 0 Å². The van der Waals surface area contributed by atoms with Gasteiger partial charge in [0.2, 0.25) is 0 Å². The molecule has 3 saturated heterocycles. The van der Waals surface area contributed by atoms with E-state index in [-0.39, 0.29) is 0 Å². The van der Waals surface area contributed by atoms with E-state index in [9.17, 15) is 0 Å². The molecule has 4 rings (SSSR count). The van der Waals surface area contributed by atoms with Crippen LogP contribution in [-0.2, 0) is 0 Å². The molecule has 4 heteroatoms. The average Bonchev–Trinajstić information content (AvgIpc) is 3.04. The van der Waals surface area contributed by atoms with Crippen molar-refractivity contribution in [3.8, 4) is 0 Å². The predicted molar refractivity (Wildman–Crippen MR) is 91.5 cm³/mol. The van der Waals surface area contributed by atoms with Crippen molar-refractivity contribution in [2.75, 3.05) is 26.7 Å². The van der Waals surface area contributed by atoms with E-state index < -0.39 is 0 Å². The zero-order chi connectivity index (χ0) is 15.3. The summed E-state index contributed by atoms with van der Waals surface area (Å²) in [6, 6.07) is 8.93. The second-order valence-corrected chi connectivity index (χ2v) is 7.70. The van der Waals surface area contributed by atoms with Crippen LogP contribution in [0.5, 0.6) is 0 Å². The lowest BCUT2D eigenvalue weighted by Gasteiger charge is -2.44. The number of halogens is 1. The minimum atomic E-state index is 0.388. The van der Waals surface area contributed by atoms with Crippen LogP contribution in [0, 0.1) is 6.92 Å². The van der Waals surface area contributed by atoms with Crippen molar-refractivity contribution in [3.63, 3.8) is 0 Å². The molecule has 0 amide bonds. The Balaban J connectivity index is 1.63. The molecule has 0 aromatic heterocycles. The van der Waals surface area contributed by atoms with E-state index in [1.165, 1.54) is 43.5 Å². The van der Waals surface area contributed by atoms with Crippen molar-refractivity contribution in [2.45, 2.75) is 50.4 Å². The summed E-state index contributed by atoms with van der Waals surface area (Å²) in [5, 5.41) is 4.68. The molecule has 0 radical (unpaired) electrons. The number of likely N-dealkylation sites (N-methyl/N-ethyl adjacent to an activating group) is 1. The van der Waals surface area contributed by atoms with Crippen molar-refractivity contribution in [1.29, 1.82) is 0 Å². The minimum absolute atomic E-state index is 0.388. The highest BCUT2D eigenvalue weighted by molar-refractivity contribution is 6.32. The summed E-state index contributed by atoms with van der Waals surface area (Å²) in [6.07, 6.45) is 3.96. The predicted octanol–water partition coefficient (Wildman–Crippen LogP) is 2.83. The van der Waals surface area contributed by atoms with E-state index >= 15 is 0 Å². The molecule has 3 aliphatic rings. The van der Waals surface area contributed by atoms with Crippen LogP contribution in [0.1, 0.15) is 36.4 Å². The highest BCUT2D eigenvalue weighted by atomic mass is 35.5. The molecule has 120 valence electrons. The Morgan fingerprint density at radius 3 is 2.59 bits per heavy atom. The molecule has 2 bridgehead atoms. The first-order valence-electron chi connectivity index (χ1n) is 8.59. The normalized spacial score (nSPS) is 36.1. The monoisotopic (exact) mass is 319 g/mol. The molecule has 1 aromatic carbocycles. The molecular formula is C18H26ClN3. The van der Waals surface area contributed by atoms with Gasteiger partial charge in [-0.15, -0.1) is 0 Å². The summed E-state index contributed by atoms with van der Waals surface area (Å²) in [5.41, 5.74) is 2.48. The lowest BCUT2D eigenvalue weighted by Crippen LogP contribution is -2.57. The molecule has 0 spiro atoms. The van der Waals surface area contributed by atoms with Crippen LogP contribution >= 0.6 is 11.6 Å². The lowest BCUT2D eigenvalue weighted by atomic mass is 9.95. The fraction of sp³-hybridized carbons (Fsp3) is 0.667. The van der Waals surface area contributed by atoms with Gasteiger partial charge >= 0.3 is 0 Å². The average molecular weight is 320 g/mol. The molecule has 4 atom stereocenters. The molecule has 3 heterocycles.